The second kappa shape index (κ2) is 15.4. The number of rotatable bonds is 13. The van der Waals surface area contributed by atoms with Crippen LogP contribution in [0.25, 0.3) is 0 Å². The summed E-state index contributed by atoms with van der Waals surface area (Å²) in [6, 6.07) is 17.8. The number of halogens is 4. The molecule has 3 aromatic carbocycles. The molecule has 0 bridgehead atoms. The maximum absolute atomic E-state index is 15.2. The number of pyridine rings is 1. The van der Waals surface area contributed by atoms with E-state index in [1.807, 2.05) is 24.3 Å². The topological polar surface area (TPSA) is 101 Å². The van der Waals surface area contributed by atoms with E-state index in [2.05, 4.69) is 20.9 Å². The lowest BCUT2D eigenvalue weighted by Gasteiger charge is -2.32. The maximum atomic E-state index is 15.2. The zero-order chi connectivity index (χ0) is 31.8. The van der Waals surface area contributed by atoms with Gasteiger partial charge in [-0.3, -0.25) is 9.78 Å². The number of hydrogen-bond donors (Lipinski definition) is 4. The summed E-state index contributed by atoms with van der Waals surface area (Å²) < 4.78 is 49.1. The van der Waals surface area contributed by atoms with Gasteiger partial charge in [-0.25, -0.2) is 13.2 Å². The van der Waals surface area contributed by atoms with Gasteiger partial charge in [0.05, 0.1) is 30.3 Å². The Bertz CT molecular complexity index is 1530. The number of nitrogens with zero attached hydrogens (tertiary/aromatic N) is 1. The Hall–Kier alpha value is -3.96. The number of amides is 1. The van der Waals surface area contributed by atoms with Gasteiger partial charge in [-0.1, -0.05) is 54.1 Å². The van der Waals surface area contributed by atoms with E-state index in [1.54, 1.807) is 24.3 Å². The van der Waals surface area contributed by atoms with E-state index in [0.717, 1.165) is 11.8 Å². The van der Waals surface area contributed by atoms with Crippen LogP contribution in [-0.4, -0.2) is 48.8 Å². The highest BCUT2D eigenvalue weighted by atomic mass is 35.5. The van der Waals surface area contributed by atoms with Crippen LogP contribution in [0.5, 0.6) is 0 Å². The summed E-state index contributed by atoms with van der Waals surface area (Å²) in [4.78, 5) is 16.9. The molecule has 1 aromatic heterocycles. The van der Waals surface area contributed by atoms with E-state index in [9.17, 15) is 13.6 Å². The number of primary amides is 1. The zero-order valence-electron chi connectivity index (χ0n) is 24.5. The molecule has 0 spiro atoms. The number of benzene rings is 3. The summed E-state index contributed by atoms with van der Waals surface area (Å²) >= 11 is 6.26. The van der Waals surface area contributed by atoms with Gasteiger partial charge < -0.3 is 26.4 Å². The van der Waals surface area contributed by atoms with Crippen LogP contribution in [0.15, 0.2) is 85.2 Å². The molecule has 236 valence electrons. The van der Waals surface area contributed by atoms with Crippen molar-refractivity contribution in [2.75, 3.05) is 25.0 Å². The van der Waals surface area contributed by atoms with Crippen LogP contribution in [0.2, 0.25) is 5.02 Å². The van der Waals surface area contributed by atoms with Gasteiger partial charge in [-0.05, 0) is 59.9 Å². The Morgan fingerprint density at radius 1 is 0.956 bits per heavy atom. The van der Waals surface area contributed by atoms with Crippen molar-refractivity contribution in [1.29, 1.82) is 0 Å². The molecule has 1 saturated heterocycles. The lowest BCUT2D eigenvalue weighted by Crippen LogP contribution is -2.48. The van der Waals surface area contributed by atoms with Crippen LogP contribution >= 0.6 is 11.6 Å². The van der Waals surface area contributed by atoms with E-state index in [4.69, 9.17) is 22.1 Å². The van der Waals surface area contributed by atoms with Gasteiger partial charge in [0.15, 0.2) is 0 Å². The first-order valence-corrected chi connectivity index (χ1v) is 15.2. The number of hydrogen-bond acceptors (Lipinski definition) is 6. The predicted octanol–water partition coefficient (Wildman–Crippen LogP) is 5.33. The summed E-state index contributed by atoms with van der Waals surface area (Å²) in [7, 11) is 0. The van der Waals surface area contributed by atoms with Crippen molar-refractivity contribution in [3.8, 4) is 0 Å². The van der Waals surface area contributed by atoms with Gasteiger partial charge in [-0.15, -0.1) is 0 Å². The first-order valence-electron chi connectivity index (χ1n) is 14.8. The normalized spacial score (nSPS) is 17.3. The van der Waals surface area contributed by atoms with Crippen molar-refractivity contribution in [1.82, 2.24) is 15.6 Å². The molecule has 5 rings (SSSR count). The summed E-state index contributed by atoms with van der Waals surface area (Å²) in [5.41, 5.74) is 8.67. The van der Waals surface area contributed by atoms with Gasteiger partial charge in [0.1, 0.15) is 23.5 Å². The van der Waals surface area contributed by atoms with Crippen LogP contribution in [0.4, 0.5) is 18.9 Å². The van der Waals surface area contributed by atoms with Crippen molar-refractivity contribution in [3.63, 3.8) is 0 Å². The van der Waals surface area contributed by atoms with Crippen LogP contribution in [-0.2, 0) is 22.5 Å². The highest BCUT2D eigenvalue weighted by Crippen LogP contribution is 2.32. The van der Waals surface area contributed by atoms with Gasteiger partial charge >= 0.3 is 0 Å². The minimum Gasteiger partial charge on any atom is -0.371 e. The Balaban J connectivity index is 1.29. The summed E-state index contributed by atoms with van der Waals surface area (Å²) in [6.07, 6.45) is 3.11. The molecule has 3 atom stereocenters. The van der Waals surface area contributed by atoms with Crippen LogP contribution in [0, 0.1) is 17.5 Å². The second-order valence-electron chi connectivity index (χ2n) is 11.1. The molecule has 0 radical (unpaired) electrons. The monoisotopic (exact) mass is 637 g/mol. The van der Waals surface area contributed by atoms with E-state index in [-0.39, 0.29) is 12.2 Å². The van der Waals surface area contributed by atoms with E-state index < -0.39 is 35.3 Å². The van der Waals surface area contributed by atoms with Crippen molar-refractivity contribution in [3.05, 3.63) is 130 Å². The molecule has 1 aliphatic heterocycles. The molecule has 11 heteroatoms. The lowest BCUT2D eigenvalue weighted by molar-refractivity contribution is -0.119. The van der Waals surface area contributed by atoms with E-state index in [1.165, 1.54) is 30.5 Å². The third-order valence-corrected chi connectivity index (χ3v) is 8.27. The number of carbonyl (C=O) groups is 1. The molecule has 5 N–H and O–H groups in total. The number of ether oxygens (including phenoxy) is 1. The second-order valence-corrected chi connectivity index (χ2v) is 11.5. The Morgan fingerprint density at radius 2 is 1.60 bits per heavy atom. The summed E-state index contributed by atoms with van der Waals surface area (Å²) in [5.74, 6) is -2.89. The minimum atomic E-state index is -1.09. The van der Waals surface area contributed by atoms with Crippen molar-refractivity contribution < 1.29 is 22.7 Å². The van der Waals surface area contributed by atoms with E-state index in [0.29, 0.717) is 66.4 Å². The number of nitrogens with one attached hydrogen (secondary N) is 3. The predicted molar refractivity (Wildman–Crippen MR) is 168 cm³/mol. The van der Waals surface area contributed by atoms with Gasteiger partial charge in [0.25, 0.3) is 0 Å². The summed E-state index contributed by atoms with van der Waals surface area (Å²) in [5, 5.41) is 10.6. The lowest BCUT2D eigenvalue weighted by atomic mass is 9.84. The SMILES string of the molecule is NC(=O)[C@@H](Nc1cncc(F)c1CC[C@@H]1CNC[C@@H](CNCc2ccccc2Cl)O1)C(c1ccc(F)cc1)c1ccc(F)cc1. The minimum absolute atomic E-state index is 0.0856. The standard InChI is InChI=1S/C34H35ClF3N5O2/c35-29-4-2-1-3-23(29)15-40-17-27-18-41-16-26(45-27)13-14-28-30(38)19-42-20-31(28)43-33(34(39)44)32(21-5-9-24(36)10-6-21)22-7-11-25(37)12-8-22/h1-12,19-20,26-27,32-33,40-41,43H,13-18H2,(H2,39,44)/t26-,27-,33+/m1/s1. The quantitative estimate of drug-likeness (QED) is 0.158. The van der Waals surface area contributed by atoms with Crippen LogP contribution in [0.1, 0.15) is 34.6 Å². The molecule has 45 heavy (non-hydrogen) atoms. The number of morpholine rings is 1. The number of anilines is 1. The van der Waals surface area contributed by atoms with Crippen LogP contribution < -0.4 is 21.7 Å². The van der Waals surface area contributed by atoms with Crippen molar-refractivity contribution in [2.24, 2.45) is 5.73 Å². The molecule has 0 aliphatic carbocycles. The first-order chi connectivity index (χ1) is 21.8. The van der Waals surface area contributed by atoms with Crippen molar-refractivity contribution in [2.45, 2.75) is 43.6 Å². The average molecular weight is 638 g/mol. The highest BCUT2D eigenvalue weighted by molar-refractivity contribution is 6.31. The molecule has 1 aliphatic rings. The first kappa shape index (κ1) is 32.4. The molecule has 0 unspecified atom stereocenters. The fourth-order valence-corrected chi connectivity index (χ4v) is 5.83. The Labute approximate surface area is 265 Å². The van der Waals surface area contributed by atoms with E-state index >= 15 is 4.39 Å². The Kier molecular flexibility index (Phi) is 11.1. The number of carbonyl (C=O) groups excluding carboxylic acids is 1. The number of nitrogens with two attached hydrogens (primary N) is 1. The largest absolute Gasteiger partial charge is 0.371 e. The highest BCUT2D eigenvalue weighted by Gasteiger charge is 2.31. The van der Waals surface area contributed by atoms with Crippen molar-refractivity contribution >= 4 is 23.2 Å². The molecule has 0 saturated carbocycles. The zero-order valence-corrected chi connectivity index (χ0v) is 25.2. The third-order valence-electron chi connectivity index (χ3n) is 7.90. The molecular weight excluding hydrogens is 603 g/mol. The van der Waals surface area contributed by atoms with Gasteiger partial charge in [0.2, 0.25) is 5.91 Å². The average Bonchev–Trinajstić information content (AvgIpc) is 3.03. The van der Waals surface area contributed by atoms with Gasteiger partial charge in [-0.2, -0.15) is 0 Å². The molecule has 7 nitrogen and oxygen atoms in total. The molecular formula is C34H35ClF3N5O2. The number of aromatic nitrogens is 1. The molecule has 4 aromatic rings. The third kappa shape index (κ3) is 8.61. The molecule has 2 heterocycles. The van der Waals surface area contributed by atoms with Crippen LogP contribution in [0.3, 0.4) is 0 Å². The fraction of sp³-hybridized carbons (Fsp3) is 0.294. The van der Waals surface area contributed by atoms with Gasteiger partial charge in [0, 0.05) is 42.7 Å². The molecule has 1 amide bonds. The molecule has 1 fully saturated rings. The smallest absolute Gasteiger partial charge is 0.240 e. The Morgan fingerprint density at radius 3 is 2.24 bits per heavy atom. The summed E-state index contributed by atoms with van der Waals surface area (Å²) in [6.45, 7) is 2.51. The fourth-order valence-electron chi connectivity index (χ4n) is 5.62. The maximum Gasteiger partial charge on any atom is 0.240 e.